The van der Waals surface area contributed by atoms with Gasteiger partial charge in [0, 0.05) is 54.7 Å². The van der Waals surface area contributed by atoms with Crippen molar-refractivity contribution in [2.75, 3.05) is 31.1 Å². The molecule has 1 amide bonds. The fourth-order valence-electron chi connectivity index (χ4n) is 4.60. The minimum atomic E-state index is -5.16. The van der Waals surface area contributed by atoms with Gasteiger partial charge < -0.3 is 38.9 Å². The highest BCUT2D eigenvalue weighted by molar-refractivity contribution is 7.65. The highest BCUT2D eigenvalue weighted by atomic mass is 31.2. The summed E-state index contributed by atoms with van der Waals surface area (Å²) in [6, 6.07) is 10.7. The summed E-state index contributed by atoms with van der Waals surface area (Å²) in [6.45, 7) is 8.31. The summed E-state index contributed by atoms with van der Waals surface area (Å²) in [5, 5.41) is 9.91. The maximum atomic E-state index is 13.2. The lowest BCUT2D eigenvalue weighted by Gasteiger charge is -2.37. The van der Waals surface area contributed by atoms with Crippen molar-refractivity contribution in [2.45, 2.75) is 19.4 Å². The van der Waals surface area contributed by atoms with Crippen molar-refractivity contribution in [3.05, 3.63) is 76.1 Å². The third kappa shape index (κ3) is 6.29. The number of fused-ring (bicyclic) bond motifs is 1. The zero-order chi connectivity index (χ0) is 30.2. The normalized spacial score (nSPS) is 15.4. The molecule has 0 spiro atoms. The van der Waals surface area contributed by atoms with Crippen LogP contribution in [0.2, 0.25) is 0 Å². The Kier molecular flexibility index (Phi) is 8.58. The van der Waals surface area contributed by atoms with Crippen molar-refractivity contribution in [1.29, 1.82) is 0 Å². The molecule has 15 heteroatoms. The highest BCUT2D eigenvalue weighted by Crippen LogP contribution is 2.52. The number of pyridine rings is 1. The standard InChI is InChI=1S/C26H29N3O10P2/c1-15(2)18-12-19-22(29(14-20(23(19)30)24(31)32)17-6-4-16(3)5-7-17)13-21(18)27-8-10-28(11-9-27)25(33)39-26(40(34)35)41(36,37)38/h4-7,12-14,26,40H,1,8-11H2,2-3H3,(H,31,32)(H,34,35)(H2,36,37,38). The third-order valence-electron chi connectivity index (χ3n) is 6.73. The molecule has 0 radical (unpaired) electrons. The van der Waals surface area contributed by atoms with Gasteiger partial charge in [-0.3, -0.25) is 13.9 Å². The Morgan fingerprint density at radius 1 is 1.07 bits per heavy atom. The van der Waals surface area contributed by atoms with E-state index in [2.05, 4.69) is 11.3 Å². The topological polar surface area (TPSA) is 187 Å². The predicted molar refractivity (Wildman–Crippen MR) is 153 cm³/mol. The minimum Gasteiger partial charge on any atom is -0.477 e. The van der Waals surface area contributed by atoms with E-state index in [9.17, 15) is 43.3 Å². The first-order valence-corrected chi connectivity index (χ1v) is 15.5. The Bertz CT molecular complexity index is 1670. The molecule has 1 aliphatic rings. The Hall–Kier alpha value is -3.73. The Balaban J connectivity index is 1.73. The van der Waals surface area contributed by atoms with Gasteiger partial charge in [0.15, 0.2) is 0 Å². The first-order valence-electron chi connectivity index (χ1n) is 12.4. The van der Waals surface area contributed by atoms with Gasteiger partial charge >= 0.3 is 19.7 Å². The molecule has 4 N–H and O–H groups in total. The van der Waals surface area contributed by atoms with E-state index in [4.69, 9.17) is 0 Å². The summed E-state index contributed by atoms with van der Waals surface area (Å²) in [5.74, 6) is -1.35. The molecule has 0 saturated carbocycles. The molecule has 2 aromatic carbocycles. The number of benzene rings is 2. The lowest BCUT2D eigenvalue weighted by molar-refractivity contribution is 0.0695. The molecule has 1 aliphatic heterocycles. The molecule has 0 bridgehead atoms. The van der Waals surface area contributed by atoms with Crippen LogP contribution in [0.4, 0.5) is 10.5 Å². The first-order chi connectivity index (χ1) is 19.2. The molecule has 41 heavy (non-hydrogen) atoms. The number of aromatic nitrogens is 1. The Morgan fingerprint density at radius 3 is 2.20 bits per heavy atom. The number of hydrogen-bond acceptors (Lipinski definition) is 7. The number of anilines is 1. The molecule has 4 rings (SSSR count). The van der Waals surface area contributed by atoms with E-state index in [1.807, 2.05) is 36.1 Å². The van der Waals surface area contributed by atoms with Crippen molar-refractivity contribution >= 4 is 49.8 Å². The number of amides is 1. The quantitative estimate of drug-likeness (QED) is 0.290. The van der Waals surface area contributed by atoms with E-state index in [1.54, 1.807) is 23.6 Å². The average Bonchev–Trinajstić information content (AvgIpc) is 2.90. The number of carbonyl (C=O) groups is 2. The number of allylic oxidation sites excluding steroid dienone is 1. The second-order valence-electron chi connectivity index (χ2n) is 9.69. The van der Waals surface area contributed by atoms with Crippen LogP contribution in [0.3, 0.4) is 0 Å². The van der Waals surface area contributed by atoms with Gasteiger partial charge in [0.2, 0.25) is 13.5 Å². The molecular formula is C26H29N3O10P2. The van der Waals surface area contributed by atoms with Crippen LogP contribution in [-0.2, 0) is 13.9 Å². The molecular weight excluding hydrogens is 576 g/mol. The van der Waals surface area contributed by atoms with Crippen molar-refractivity contribution in [3.8, 4) is 5.69 Å². The van der Waals surface area contributed by atoms with Crippen molar-refractivity contribution in [1.82, 2.24) is 9.47 Å². The summed E-state index contributed by atoms with van der Waals surface area (Å²) >= 11 is 0. The number of piperazine rings is 1. The second kappa shape index (κ2) is 11.6. The van der Waals surface area contributed by atoms with E-state index in [0.29, 0.717) is 28.0 Å². The van der Waals surface area contributed by atoms with E-state index < -0.39 is 38.7 Å². The smallest absolute Gasteiger partial charge is 0.411 e. The minimum absolute atomic E-state index is 0.0649. The van der Waals surface area contributed by atoms with Crippen LogP contribution in [0.1, 0.15) is 28.4 Å². The number of hydrogen-bond donors (Lipinski definition) is 4. The van der Waals surface area contributed by atoms with Gasteiger partial charge in [0.25, 0.3) is 5.59 Å². The number of aromatic carboxylic acids is 1. The van der Waals surface area contributed by atoms with Crippen LogP contribution in [0.5, 0.6) is 0 Å². The lowest BCUT2D eigenvalue weighted by atomic mass is 10.00. The van der Waals surface area contributed by atoms with Crippen molar-refractivity contribution in [3.63, 3.8) is 0 Å². The maximum absolute atomic E-state index is 13.2. The van der Waals surface area contributed by atoms with Gasteiger partial charge in [-0.05, 0) is 43.7 Å². The summed E-state index contributed by atoms with van der Waals surface area (Å²) in [6.07, 6.45) is 0.165. The summed E-state index contributed by atoms with van der Waals surface area (Å²) in [5.41, 5.74) is 0.545. The van der Waals surface area contributed by atoms with E-state index in [1.165, 1.54) is 11.1 Å². The molecule has 13 nitrogen and oxygen atoms in total. The number of nitrogens with zero attached hydrogens (tertiary/aromatic N) is 3. The third-order valence-corrected chi connectivity index (χ3v) is 9.66. The van der Waals surface area contributed by atoms with E-state index in [0.717, 1.165) is 5.56 Å². The second-order valence-corrected chi connectivity index (χ2v) is 13.0. The fraction of sp³-hybridized carbons (Fsp3) is 0.269. The van der Waals surface area contributed by atoms with E-state index >= 15 is 0 Å². The number of carboxylic acid groups (broad SMARTS) is 1. The SMILES string of the molecule is C=C(C)c1cc2c(=O)c(C(=O)O)cn(-c3ccc(C)cc3)c2cc1N1CCN(C(=O)OC([PH](=O)O)P(=O)(O)O)CC1. The number of ether oxygens (including phenoxy) is 1. The molecule has 1 saturated heterocycles. The van der Waals surface area contributed by atoms with Gasteiger partial charge in [-0.15, -0.1) is 0 Å². The van der Waals surface area contributed by atoms with Crippen LogP contribution in [0, 0.1) is 6.92 Å². The summed E-state index contributed by atoms with van der Waals surface area (Å²) in [4.78, 5) is 68.5. The van der Waals surface area contributed by atoms with Crippen LogP contribution in [-0.4, -0.2) is 73.1 Å². The number of aryl methyl sites for hydroxylation is 1. The molecule has 0 aliphatic carbocycles. The largest absolute Gasteiger partial charge is 0.477 e. The molecule has 1 fully saturated rings. The summed E-state index contributed by atoms with van der Waals surface area (Å²) < 4.78 is 29.1. The van der Waals surface area contributed by atoms with E-state index in [-0.39, 0.29) is 37.1 Å². The maximum Gasteiger partial charge on any atom is 0.411 e. The van der Waals surface area contributed by atoms with Gasteiger partial charge in [0.05, 0.1) is 5.52 Å². The van der Waals surface area contributed by atoms with Crippen LogP contribution in [0.25, 0.3) is 22.2 Å². The van der Waals surface area contributed by atoms with Gasteiger partial charge in [-0.2, -0.15) is 0 Å². The zero-order valence-corrected chi connectivity index (χ0v) is 24.1. The average molecular weight is 605 g/mol. The van der Waals surface area contributed by atoms with Crippen LogP contribution < -0.4 is 10.3 Å². The lowest BCUT2D eigenvalue weighted by Crippen LogP contribution is -2.49. The fourth-order valence-corrected chi connectivity index (χ4v) is 6.18. The first kappa shape index (κ1) is 30.2. The number of rotatable bonds is 7. The number of carboxylic acids is 1. The molecule has 2 unspecified atom stereocenters. The molecule has 3 aromatic rings. The van der Waals surface area contributed by atoms with Gasteiger partial charge in [0.1, 0.15) is 5.56 Å². The Morgan fingerprint density at radius 2 is 1.68 bits per heavy atom. The van der Waals surface area contributed by atoms with Crippen LogP contribution in [0.15, 0.2) is 54.0 Å². The molecule has 2 atom stereocenters. The zero-order valence-electron chi connectivity index (χ0n) is 22.2. The Labute approximate surface area is 234 Å². The van der Waals surface area contributed by atoms with Crippen molar-refractivity contribution < 1.29 is 43.2 Å². The van der Waals surface area contributed by atoms with Crippen molar-refractivity contribution in [2.24, 2.45) is 0 Å². The monoisotopic (exact) mass is 605 g/mol. The summed E-state index contributed by atoms with van der Waals surface area (Å²) in [7, 11) is -9.02. The van der Waals surface area contributed by atoms with Gasteiger partial charge in [-0.25, -0.2) is 9.59 Å². The number of carbonyl (C=O) groups excluding carboxylic acids is 1. The highest BCUT2D eigenvalue weighted by Gasteiger charge is 2.39. The molecule has 218 valence electrons. The van der Waals surface area contributed by atoms with Crippen LogP contribution >= 0.6 is 15.6 Å². The molecule has 1 aromatic heterocycles. The predicted octanol–water partition coefficient (Wildman–Crippen LogP) is 3.22. The van der Waals surface area contributed by atoms with Gasteiger partial charge in [-0.1, -0.05) is 24.3 Å². The molecule has 2 heterocycles.